The van der Waals surface area contributed by atoms with Crippen LogP contribution < -0.4 is 15.5 Å². The quantitative estimate of drug-likeness (QED) is 0.339. The van der Waals surface area contributed by atoms with Gasteiger partial charge in [-0.05, 0) is 48.9 Å². The SMILES string of the molecule is CN=C(NCCC(=O)N1CCc2sccc2C1)NC1CCN(c2ccc(C)cc2)C1.I. The van der Waals surface area contributed by atoms with Gasteiger partial charge in [0.2, 0.25) is 5.91 Å². The lowest BCUT2D eigenvalue weighted by molar-refractivity contribution is -0.131. The minimum Gasteiger partial charge on any atom is -0.369 e. The number of aryl methyl sites for hydroxylation is 1. The average Bonchev–Trinajstić information content (AvgIpc) is 3.42. The molecule has 0 saturated carbocycles. The van der Waals surface area contributed by atoms with Crippen LogP contribution in [0.25, 0.3) is 0 Å². The Balaban J connectivity index is 0.00000272. The zero-order valence-corrected chi connectivity index (χ0v) is 21.4. The lowest BCUT2D eigenvalue weighted by Gasteiger charge is -2.27. The van der Waals surface area contributed by atoms with Crippen molar-refractivity contribution in [2.45, 2.75) is 38.8 Å². The summed E-state index contributed by atoms with van der Waals surface area (Å²) in [6.45, 7) is 6.29. The van der Waals surface area contributed by atoms with Crippen molar-refractivity contribution < 1.29 is 4.79 Å². The molecule has 2 aromatic rings. The van der Waals surface area contributed by atoms with Crippen molar-refractivity contribution in [3.63, 3.8) is 0 Å². The van der Waals surface area contributed by atoms with E-state index in [0.29, 0.717) is 19.0 Å². The molecule has 4 rings (SSSR count). The number of thiophene rings is 1. The van der Waals surface area contributed by atoms with E-state index in [-0.39, 0.29) is 29.9 Å². The van der Waals surface area contributed by atoms with Crippen LogP contribution >= 0.6 is 35.3 Å². The van der Waals surface area contributed by atoms with Gasteiger partial charge < -0.3 is 20.4 Å². The Bertz CT molecular complexity index is 898. The van der Waals surface area contributed by atoms with Gasteiger partial charge in [0, 0.05) is 62.8 Å². The highest BCUT2D eigenvalue weighted by atomic mass is 127. The predicted octanol–water partition coefficient (Wildman–Crippen LogP) is 3.39. The molecular weight excluding hydrogens is 521 g/mol. The third-order valence-corrected chi connectivity index (χ3v) is 6.97. The average molecular weight is 554 g/mol. The van der Waals surface area contributed by atoms with Crippen LogP contribution in [0.15, 0.2) is 40.7 Å². The molecule has 168 valence electrons. The molecule has 1 amide bonds. The van der Waals surface area contributed by atoms with Crippen LogP contribution in [-0.4, -0.2) is 56.0 Å². The first-order valence-electron chi connectivity index (χ1n) is 10.7. The van der Waals surface area contributed by atoms with E-state index in [0.717, 1.165) is 45.0 Å². The Morgan fingerprint density at radius 3 is 2.81 bits per heavy atom. The number of halogens is 1. The van der Waals surface area contributed by atoms with Crippen molar-refractivity contribution in [1.29, 1.82) is 0 Å². The summed E-state index contributed by atoms with van der Waals surface area (Å²) in [5, 5.41) is 8.95. The summed E-state index contributed by atoms with van der Waals surface area (Å²) in [6.07, 6.45) is 2.54. The van der Waals surface area contributed by atoms with Crippen LogP contribution in [-0.2, 0) is 17.8 Å². The van der Waals surface area contributed by atoms with Crippen LogP contribution in [0.2, 0.25) is 0 Å². The monoisotopic (exact) mass is 553 g/mol. The van der Waals surface area contributed by atoms with E-state index in [9.17, 15) is 4.79 Å². The van der Waals surface area contributed by atoms with Gasteiger partial charge in [0.25, 0.3) is 0 Å². The molecule has 2 N–H and O–H groups in total. The molecule has 0 bridgehead atoms. The van der Waals surface area contributed by atoms with Crippen molar-refractivity contribution in [3.05, 3.63) is 51.7 Å². The maximum atomic E-state index is 12.6. The lowest BCUT2D eigenvalue weighted by atomic mass is 10.1. The molecule has 2 aliphatic rings. The molecule has 0 aliphatic carbocycles. The number of hydrogen-bond donors (Lipinski definition) is 2. The van der Waals surface area contributed by atoms with Gasteiger partial charge in [0.1, 0.15) is 0 Å². The number of amides is 1. The van der Waals surface area contributed by atoms with E-state index in [1.807, 2.05) is 4.90 Å². The summed E-state index contributed by atoms with van der Waals surface area (Å²) >= 11 is 1.80. The zero-order valence-electron chi connectivity index (χ0n) is 18.3. The van der Waals surface area contributed by atoms with Crippen molar-refractivity contribution in [2.24, 2.45) is 4.99 Å². The number of nitrogens with one attached hydrogen (secondary N) is 2. The fourth-order valence-corrected chi connectivity index (χ4v) is 5.05. The van der Waals surface area contributed by atoms with Gasteiger partial charge in [-0.3, -0.25) is 9.79 Å². The maximum absolute atomic E-state index is 12.6. The first-order chi connectivity index (χ1) is 14.6. The highest BCUT2D eigenvalue weighted by Gasteiger charge is 2.24. The van der Waals surface area contributed by atoms with Gasteiger partial charge in [0.05, 0.1) is 0 Å². The van der Waals surface area contributed by atoms with Crippen LogP contribution in [0.1, 0.15) is 28.8 Å². The highest BCUT2D eigenvalue weighted by molar-refractivity contribution is 14.0. The number of carbonyl (C=O) groups excluding carboxylic acids is 1. The number of benzene rings is 1. The Labute approximate surface area is 206 Å². The normalized spacial score (nSPS) is 18.4. The second-order valence-corrected chi connectivity index (χ2v) is 9.10. The second kappa shape index (κ2) is 11.2. The largest absolute Gasteiger partial charge is 0.369 e. The second-order valence-electron chi connectivity index (χ2n) is 8.09. The summed E-state index contributed by atoms with van der Waals surface area (Å²) in [4.78, 5) is 22.7. The molecule has 0 radical (unpaired) electrons. The van der Waals surface area contributed by atoms with Gasteiger partial charge in [-0.15, -0.1) is 35.3 Å². The third kappa shape index (κ3) is 6.12. The van der Waals surface area contributed by atoms with Gasteiger partial charge >= 0.3 is 0 Å². The first-order valence-corrected chi connectivity index (χ1v) is 11.6. The number of anilines is 1. The summed E-state index contributed by atoms with van der Waals surface area (Å²) in [7, 11) is 1.78. The van der Waals surface area contributed by atoms with Crippen molar-refractivity contribution in [1.82, 2.24) is 15.5 Å². The molecule has 1 unspecified atom stereocenters. The van der Waals surface area contributed by atoms with E-state index in [1.165, 1.54) is 21.7 Å². The van der Waals surface area contributed by atoms with E-state index in [4.69, 9.17) is 0 Å². The molecule has 31 heavy (non-hydrogen) atoms. The molecule has 1 saturated heterocycles. The van der Waals surface area contributed by atoms with Crippen LogP contribution in [0.4, 0.5) is 5.69 Å². The molecular formula is C23H32IN5OS. The number of guanidine groups is 1. The Hall–Kier alpha value is -1.81. The van der Waals surface area contributed by atoms with Gasteiger partial charge in [-0.2, -0.15) is 0 Å². The topological polar surface area (TPSA) is 60.0 Å². The molecule has 8 heteroatoms. The van der Waals surface area contributed by atoms with E-state index >= 15 is 0 Å². The summed E-state index contributed by atoms with van der Waals surface area (Å²) < 4.78 is 0. The third-order valence-electron chi connectivity index (χ3n) is 5.94. The number of hydrogen-bond acceptors (Lipinski definition) is 4. The van der Waals surface area contributed by atoms with Crippen LogP contribution in [0, 0.1) is 6.92 Å². The number of fused-ring (bicyclic) bond motifs is 1. The minimum atomic E-state index is 0. The number of carbonyl (C=O) groups is 1. The Kier molecular flexibility index (Phi) is 8.59. The standard InChI is InChI=1S/C23H31N5OS.HI/c1-17-3-5-20(6-4-17)27-12-8-19(16-27)26-23(24-2)25-11-7-22(29)28-13-9-21-18(15-28)10-14-30-21;/h3-6,10,14,19H,7-9,11-13,15-16H2,1-2H3,(H2,24,25,26);1H. The highest BCUT2D eigenvalue weighted by Crippen LogP contribution is 2.24. The summed E-state index contributed by atoms with van der Waals surface area (Å²) in [5.41, 5.74) is 3.87. The minimum absolute atomic E-state index is 0. The number of aliphatic imine (C=N–C) groups is 1. The van der Waals surface area contributed by atoms with E-state index < -0.39 is 0 Å². The van der Waals surface area contributed by atoms with Gasteiger partial charge in [-0.25, -0.2) is 0 Å². The summed E-state index contributed by atoms with van der Waals surface area (Å²) in [6, 6.07) is 11.2. The van der Waals surface area contributed by atoms with Gasteiger partial charge in [-0.1, -0.05) is 17.7 Å². The molecule has 1 aromatic heterocycles. The number of nitrogens with zero attached hydrogens (tertiary/aromatic N) is 3. The maximum Gasteiger partial charge on any atom is 0.224 e. The van der Waals surface area contributed by atoms with Crippen LogP contribution in [0.3, 0.4) is 0 Å². The van der Waals surface area contributed by atoms with Crippen molar-refractivity contribution in [2.75, 3.05) is 38.1 Å². The van der Waals surface area contributed by atoms with Crippen molar-refractivity contribution in [3.8, 4) is 0 Å². The fraction of sp³-hybridized carbons (Fsp3) is 0.478. The molecule has 6 nitrogen and oxygen atoms in total. The lowest BCUT2D eigenvalue weighted by Crippen LogP contribution is -2.45. The van der Waals surface area contributed by atoms with Crippen molar-refractivity contribution >= 4 is 52.9 Å². The Morgan fingerprint density at radius 2 is 2.03 bits per heavy atom. The fourth-order valence-electron chi connectivity index (χ4n) is 4.16. The summed E-state index contributed by atoms with van der Waals surface area (Å²) in [5.74, 6) is 0.985. The molecule has 2 aliphatic heterocycles. The molecule has 0 spiro atoms. The van der Waals surface area contributed by atoms with E-state index in [2.05, 4.69) is 63.2 Å². The Morgan fingerprint density at radius 1 is 1.23 bits per heavy atom. The zero-order chi connectivity index (χ0) is 20.9. The molecule has 3 heterocycles. The first kappa shape index (κ1) is 23.8. The molecule has 1 fully saturated rings. The van der Waals surface area contributed by atoms with Gasteiger partial charge in [0.15, 0.2) is 5.96 Å². The smallest absolute Gasteiger partial charge is 0.224 e. The predicted molar refractivity (Wildman–Crippen MR) is 140 cm³/mol. The van der Waals surface area contributed by atoms with E-state index in [1.54, 1.807) is 18.4 Å². The molecule has 1 aromatic carbocycles. The van der Waals surface area contributed by atoms with Crippen LogP contribution in [0.5, 0.6) is 0 Å². The number of rotatable bonds is 5. The molecule has 1 atom stereocenters.